The average Bonchev–Trinajstić information content (AvgIpc) is 3.23. The molecular weight excluding hydrogens is 396 g/mol. The number of benzene rings is 1. The van der Waals surface area contributed by atoms with E-state index in [4.69, 9.17) is 14.7 Å². The molecular formula is C23H22N4O2S. The Morgan fingerprint density at radius 1 is 1.17 bits per heavy atom. The Balaban J connectivity index is 1.74. The van der Waals surface area contributed by atoms with Gasteiger partial charge in [-0.2, -0.15) is 0 Å². The van der Waals surface area contributed by atoms with Gasteiger partial charge in [0.15, 0.2) is 11.6 Å². The lowest BCUT2D eigenvalue weighted by Crippen LogP contribution is -2.44. The van der Waals surface area contributed by atoms with E-state index in [0.29, 0.717) is 19.0 Å². The van der Waals surface area contributed by atoms with E-state index < -0.39 is 0 Å². The average molecular weight is 419 g/mol. The molecule has 1 aromatic carbocycles. The lowest BCUT2D eigenvalue weighted by atomic mass is 10.1. The van der Waals surface area contributed by atoms with Crippen LogP contribution in [0.1, 0.15) is 12.5 Å². The zero-order chi connectivity index (χ0) is 20.5. The third-order valence-electron chi connectivity index (χ3n) is 5.40. The van der Waals surface area contributed by atoms with E-state index in [1.54, 1.807) is 23.7 Å². The highest BCUT2D eigenvalue weighted by molar-refractivity contribution is 7.18. The van der Waals surface area contributed by atoms with Gasteiger partial charge in [-0.1, -0.05) is 18.2 Å². The summed E-state index contributed by atoms with van der Waals surface area (Å²) in [6, 6.07) is 12.0. The topological polar surface area (TPSA) is 71.4 Å². The quantitative estimate of drug-likeness (QED) is 0.537. The number of ether oxygens (including phenoxy) is 1. The molecule has 1 saturated heterocycles. The van der Waals surface area contributed by atoms with Crippen LogP contribution >= 0.6 is 11.3 Å². The van der Waals surface area contributed by atoms with E-state index in [1.165, 1.54) is 0 Å². The fraction of sp³-hybridized carbons (Fsp3) is 0.261. The van der Waals surface area contributed by atoms with Gasteiger partial charge in [0.05, 0.1) is 36.1 Å². The second-order valence-electron chi connectivity index (χ2n) is 7.41. The van der Waals surface area contributed by atoms with Crippen LogP contribution in [0.4, 0.5) is 5.82 Å². The Kier molecular flexibility index (Phi) is 5.16. The maximum absolute atomic E-state index is 9.57. The van der Waals surface area contributed by atoms with Gasteiger partial charge in [0.2, 0.25) is 0 Å². The predicted molar refractivity (Wildman–Crippen MR) is 120 cm³/mol. The van der Waals surface area contributed by atoms with Gasteiger partial charge in [0.1, 0.15) is 0 Å². The first-order chi connectivity index (χ1) is 14.7. The minimum absolute atomic E-state index is 0.00977. The molecule has 1 aliphatic heterocycles. The summed E-state index contributed by atoms with van der Waals surface area (Å²) in [5.41, 5.74) is 4.86. The van der Waals surface area contributed by atoms with Crippen molar-refractivity contribution < 1.29 is 9.84 Å². The van der Waals surface area contributed by atoms with E-state index in [0.717, 1.165) is 44.8 Å². The molecule has 30 heavy (non-hydrogen) atoms. The number of aliphatic hydroxyl groups excluding tert-OH is 1. The molecule has 1 N–H and O–H groups in total. The van der Waals surface area contributed by atoms with Gasteiger partial charge in [-0.3, -0.25) is 4.98 Å². The van der Waals surface area contributed by atoms with Crippen molar-refractivity contribution in [2.75, 3.05) is 24.7 Å². The van der Waals surface area contributed by atoms with Crippen LogP contribution in [0.25, 0.3) is 32.7 Å². The van der Waals surface area contributed by atoms with Crippen LogP contribution in [0.15, 0.2) is 54.2 Å². The predicted octanol–water partition coefficient (Wildman–Crippen LogP) is 4.14. The number of fused-ring (bicyclic) bond motifs is 1. The minimum atomic E-state index is -0.00977. The molecule has 0 bridgehead atoms. The van der Waals surface area contributed by atoms with Crippen molar-refractivity contribution >= 4 is 27.4 Å². The summed E-state index contributed by atoms with van der Waals surface area (Å²) in [6.45, 7) is 4.32. The summed E-state index contributed by atoms with van der Waals surface area (Å²) >= 11 is 1.67. The van der Waals surface area contributed by atoms with E-state index in [9.17, 15) is 5.11 Å². The molecule has 4 heterocycles. The van der Waals surface area contributed by atoms with Crippen molar-refractivity contribution in [3.63, 3.8) is 0 Å². The Bertz CT molecular complexity index is 1180. The fourth-order valence-electron chi connectivity index (χ4n) is 3.81. The van der Waals surface area contributed by atoms with Gasteiger partial charge >= 0.3 is 0 Å². The van der Waals surface area contributed by atoms with Gasteiger partial charge in [-0.05, 0) is 36.2 Å². The summed E-state index contributed by atoms with van der Waals surface area (Å²) in [5, 5.41) is 11.7. The van der Waals surface area contributed by atoms with Gasteiger partial charge in [-0.25, -0.2) is 9.97 Å². The number of anilines is 1. The number of hydrogen-bond acceptors (Lipinski definition) is 7. The lowest BCUT2D eigenvalue weighted by Gasteiger charge is -2.34. The first-order valence-corrected chi connectivity index (χ1v) is 10.9. The molecule has 0 radical (unpaired) electrons. The summed E-state index contributed by atoms with van der Waals surface area (Å²) in [4.78, 5) is 16.4. The molecule has 1 aliphatic rings. The van der Waals surface area contributed by atoms with Crippen molar-refractivity contribution in [3.8, 4) is 22.5 Å². The van der Waals surface area contributed by atoms with Gasteiger partial charge in [-0.15, -0.1) is 11.3 Å². The molecule has 0 aliphatic carbocycles. The van der Waals surface area contributed by atoms with Gasteiger partial charge in [0.25, 0.3) is 0 Å². The third kappa shape index (κ3) is 3.45. The maximum Gasteiger partial charge on any atom is 0.162 e. The Hall–Kier alpha value is -2.87. The molecule has 6 nitrogen and oxygen atoms in total. The van der Waals surface area contributed by atoms with Crippen molar-refractivity contribution in [2.24, 2.45) is 0 Å². The third-order valence-corrected chi connectivity index (χ3v) is 6.36. The molecule has 152 valence electrons. The largest absolute Gasteiger partial charge is 0.392 e. The minimum Gasteiger partial charge on any atom is -0.392 e. The smallest absolute Gasteiger partial charge is 0.162 e. The summed E-state index contributed by atoms with van der Waals surface area (Å²) in [5.74, 6) is 1.62. The van der Waals surface area contributed by atoms with Crippen LogP contribution in [0, 0.1) is 0 Å². The normalized spacial score (nSPS) is 16.9. The zero-order valence-corrected chi connectivity index (χ0v) is 17.5. The van der Waals surface area contributed by atoms with Crippen molar-refractivity contribution in [1.29, 1.82) is 0 Å². The molecule has 0 saturated carbocycles. The number of pyridine rings is 1. The summed E-state index contributed by atoms with van der Waals surface area (Å²) < 4.78 is 6.73. The van der Waals surface area contributed by atoms with Crippen molar-refractivity contribution in [2.45, 2.75) is 19.6 Å². The van der Waals surface area contributed by atoms with Crippen LogP contribution in [0.2, 0.25) is 0 Å². The van der Waals surface area contributed by atoms with Crippen molar-refractivity contribution in [1.82, 2.24) is 15.0 Å². The second kappa shape index (κ2) is 8.10. The molecule has 1 atom stereocenters. The highest BCUT2D eigenvalue weighted by Crippen LogP contribution is 2.39. The van der Waals surface area contributed by atoms with Gasteiger partial charge in [0, 0.05) is 35.4 Å². The van der Waals surface area contributed by atoms with E-state index >= 15 is 0 Å². The highest BCUT2D eigenvalue weighted by Gasteiger charge is 2.25. The molecule has 1 fully saturated rings. The number of aliphatic hydroxyl groups is 1. The number of thiophene rings is 1. The monoisotopic (exact) mass is 418 g/mol. The van der Waals surface area contributed by atoms with Crippen LogP contribution in [-0.4, -0.2) is 45.9 Å². The first kappa shape index (κ1) is 19.1. The number of hydrogen-bond donors (Lipinski definition) is 1. The lowest BCUT2D eigenvalue weighted by molar-refractivity contribution is 0.0987. The molecule has 4 aromatic rings. The summed E-state index contributed by atoms with van der Waals surface area (Å²) in [7, 11) is 0. The van der Waals surface area contributed by atoms with E-state index in [2.05, 4.69) is 22.2 Å². The Labute approximate surface area is 178 Å². The SMILES string of the molecule is C[C@@H]1COCCN1c1nc(-c2cccc(CO)c2)nc2c(-c3ccncc3)csc12. The molecule has 5 rings (SSSR count). The molecule has 0 amide bonds. The number of morpholine rings is 1. The maximum atomic E-state index is 9.57. The highest BCUT2D eigenvalue weighted by atomic mass is 32.1. The van der Waals surface area contributed by atoms with Crippen LogP contribution in [0.5, 0.6) is 0 Å². The van der Waals surface area contributed by atoms with Crippen LogP contribution in [-0.2, 0) is 11.3 Å². The molecule has 7 heteroatoms. The zero-order valence-electron chi connectivity index (χ0n) is 16.7. The van der Waals surface area contributed by atoms with E-state index in [1.807, 2.05) is 36.4 Å². The molecule has 0 unspecified atom stereocenters. The molecule has 3 aromatic heterocycles. The van der Waals surface area contributed by atoms with Crippen molar-refractivity contribution in [3.05, 3.63) is 59.7 Å². The Morgan fingerprint density at radius 3 is 2.83 bits per heavy atom. The summed E-state index contributed by atoms with van der Waals surface area (Å²) in [6.07, 6.45) is 3.60. The molecule has 0 spiro atoms. The first-order valence-electron chi connectivity index (χ1n) is 9.99. The number of aromatic nitrogens is 3. The van der Waals surface area contributed by atoms with E-state index in [-0.39, 0.29) is 12.6 Å². The number of rotatable bonds is 4. The van der Waals surface area contributed by atoms with Crippen LogP contribution < -0.4 is 4.90 Å². The fourth-order valence-corrected chi connectivity index (χ4v) is 4.83. The van der Waals surface area contributed by atoms with Gasteiger partial charge < -0.3 is 14.7 Å². The number of nitrogens with zero attached hydrogens (tertiary/aromatic N) is 4. The second-order valence-corrected chi connectivity index (χ2v) is 8.29. The Morgan fingerprint density at radius 2 is 2.03 bits per heavy atom. The standard InChI is InChI=1S/C23H22N4O2S/c1-15-13-29-10-9-27(15)23-21-20(19(14-30-21)17-5-7-24-8-6-17)25-22(26-23)18-4-2-3-16(11-18)12-28/h2-8,11,14-15,28H,9-10,12-13H2,1H3/t15-/m1/s1. The van der Waals surface area contributed by atoms with Crippen LogP contribution in [0.3, 0.4) is 0 Å².